The zero-order valence-electron chi connectivity index (χ0n) is 14.1. The van der Waals surface area contributed by atoms with Gasteiger partial charge in [-0.05, 0) is 46.1 Å². The number of methoxy groups -OCH3 is 1. The van der Waals surface area contributed by atoms with Gasteiger partial charge in [0.2, 0.25) is 5.91 Å². The number of hydrogen-bond acceptors (Lipinski definition) is 3. The minimum Gasteiger partial charge on any atom is -0.496 e. The van der Waals surface area contributed by atoms with E-state index in [0.717, 1.165) is 21.3 Å². The third-order valence-corrected chi connectivity index (χ3v) is 4.79. The first-order valence-corrected chi connectivity index (χ1v) is 8.67. The molecule has 24 heavy (non-hydrogen) atoms. The first-order chi connectivity index (χ1) is 11.4. The quantitative estimate of drug-likeness (QED) is 0.783. The average molecular weight is 391 g/mol. The summed E-state index contributed by atoms with van der Waals surface area (Å²) in [7, 11) is 1.62. The van der Waals surface area contributed by atoms with E-state index in [-0.39, 0.29) is 23.9 Å². The number of ether oxygens (including phenoxy) is 1. The highest BCUT2D eigenvalue weighted by Crippen LogP contribution is 2.28. The van der Waals surface area contributed by atoms with E-state index in [2.05, 4.69) is 21.2 Å². The van der Waals surface area contributed by atoms with Gasteiger partial charge in [0.25, 0.3) is 0 Å². The summed E-state index contributed by atoms with van der Waals surface area (Å²) in [6, 6.07) is 15.0. The van der Waals surface area contributed by atoms with Crippen LogP contribution in [0.2, 0.25) is 0 Å². The van der Waals surface area contributed by atoms with Crippen molar-refractivity contribution in [1.29, 1.82) is 0 Å². The van der Waals surface area contributed by atoms with Crippen LogP contribution in [0.3, 0.4) is 0 Å². The Labute approximate surface area is 151 Å². The molecule has 0 saturated heterocycles. The molecule has 0 aliphatic carbocycles. The smallest absolute Gasteiger partial charge is 0.225 e. The van der Waals surface area contributed by atoms with Crippen LogP contribution in [-0.4, -0.2) is 13.0 Å². The number of rotatable bonds is 6. The molecule has 128 valence electrons. The van der Waals surface area contributed by atoms with E-state index in [9.17, 15) is 4.79 Å². The fourth-order valence-electron chi connectivity index (χ4n) is 2.51. The van der Waals surface area contributed by atoms with Gasteiger partial charge in [-0.25, -0.2) is 0 Å². The van der Waals surface area contributed by atoms with Crippen molar-refractivity contribution in [2.24, 2.45) is 11.7 Å². The number of nitrogens with one attached hydrogen (secondary N) is 1. The lowest BCUT2D eigenvalue weighted by Crippen LogP contribution is -2.36. The van der Waals surface area contributed by atoms with Crippen LogP contribution in [-0.2, 0) is 4.79 Å². The maximum atomic E-state index is 12.5. The summed E-state index contributed by atoms with van der Waals surface area (Å²) in [4.78, 5) is 12.5. The van der Waals surface area contributed by atoms with Gasteiger partial charge in [-0.2, -0.15) is 0 Å². The van der Waals surface area contributed by atoms with E-state index in [1.165, 1.54) is 0 Å². The molecule has 1 amide bonds. The summed E-state index contributed by atoms with van der Waals surface area (Å²) in [6.45, 7) is 3.80. The number of halogens is 1. The molecule has 2 aromatic rings. The highest BCUT2D eigenvalue weighted by atomic mass is 79.9. The van der Waals surface area contributed by atoms with Crippen molar-refractivity contribution >= 4 is 21.8 Å². The summed E-state index contributed by atoms with van der Waals surface area (Å²) < 4.78 is 6.09. The molecule has 0 aliphatic heterocycles. The Morgan fingerprint density at radius 2 is 1.79 bits per heavy atom. The van der Waals surface area contributed by atoms with Gasteiger partial charge in [0.1, 0.15) is 5.75 Å². The van der Waals surface area contributed by atoms with Crippen LogP contribution in [0.1, 0.15) is 37.1 Å². The van der Waals surface area contributed by atoms with Crippen LogP contribution in [0.15, 0.2) is 53.0 Å². The topological polar surface area (TPSA) is 64.3 Å². The number of carbonyl (C=O) groups is 1. The normalized spacial score (nSPS) is 14.5. The van der Waals surface area contributed by atoms with Crippen LogP contribution in [0, 0.1) is 5.92 Å². The highest BCUT2D eigenvalue weighted by Gasteiger charge is 2.23. The molecule has 0 radical (unpaired) electrons. The van der Waals surface area contributed by atoms with Crippen LogP contribution in [0.4, 0.5) is 0 Å². The second kappa shape index (κ2) is 8.31. The monoisotopic (exact) mass is 390 g/mol. The van der Waals surface area contributed by atoms with Gasteiger partial charge in [0.15, 0.2) is 0 Å². The third kappa shape index (κ3) is 4.36. The fraction of sp³-hybridized carbons (Fsp3) is 0.316. The molecule has 2 aromatic carbocycles. The van der Waals surface area contributed by atoms with Crippen molar-refractivity contribution in [1.82, 2.24) is 5.32 Å². The third-order valence-electron chi connectivity index (χ3n) is 4.17. The molecule has 3 N–H and O–H groups in total. The maximum Gasteiger partial charge on any atom is 0.225 e. The highest BCUT2D eigenvalue weighted by molar-refractivity contribution is 9.10. The summed E-state index contributed by atoms with van der Waals surface area (Å²) in [6.07, 6.45) is 0. The average Bonchev–Trinajstić information content (AvgIpc) is 2.60. The largest absolute Gasteiger partial charge is 0.496 e. The molecule has 0 aromatic heterocycles. The van der Waals surface area contributed by atoms with Gasteiger partial charge >= 0.3 is 0 Å². The summed E-state index contributed by atoms with van der Waals surface area (Å²) in [5, 5.41) is 3.03. The zero-order chi connectivity index (χ0) is 17.7. The molecule has 3 unspecified atom stereocenters. The lowest BCUT2D eigenvalue weighted by Gasteiger charge is -2.23. The lowest BCUT2D eigenvalue weighted by atomic mass is 9.94. The molecule has 2 rings (SSSR count). The van der Waals surface area contributed by atoms with E-state index in [1.54, 1.807) is 7.11 Å². The Morgan fingerprint density at radius 1 is 1.12 bits per heavy atom. The Hall–Kier alpha value is -1.85. The number of hydrogen-bond donors (Lipinski definition) is 2. The molecule has 0 heterocycles. The molecule has 0 spiro atoms. The predicted octanol–water partition coefficient (Wildman–Crippen LogP) is 3.97. The van der Waals surface area contributed by atoms with Crippen LogP contribution in [0.5, 0.6) is 5.75 Å². The van der Waals surface area contributed by atoms with E-state index in [0.29, 0.717) is 0 Å². The van der Waals surface area contributed by atoms with Crippen LogP contribution in [0.25, 0.3) is 0 Å². The van der Waals surface area contributed by atoms with Crippen molar-refractivity contribution in [2.75, 3.05) is 7.11 Å². The number of amides is 1. The van der Waals surface area contributed by atoms with E-state index < -0.39 is 0 Å². The summed E-state index contributed by atoms with van der Waals surface area (Å²) in [5.74, 6) is 0.374. The maximum absolute atomic E-state index is 12.5. The van der Waals surface area contributed by atoms with Crippen molar-refractivity contribution in [2.45, 2.75) is 25.9 Å². The molecular formula is C19H23BrN2O2. The second-order valence-electron chi connectivity index (χ2n) is 5.85. The van der Waals surface area contributed by atoms with E-state index in [1.807, 2.05) is 62.4 Å². The molecule has 5 heteroatoms. The Balaban J connectivity index is 2.04. The predicted molar refractivity (Wildman–Crippen MR) is 99.8 cm³/mol. The summed E-state index contributed by atoms with van der Waals surface area (Å²) in [5.41, 5.74) is 8.19. The standard InChI is InChI=1S/C19H23BrN2O2/c1-12(18(21)14-7-5-4-6-8-14)19(23)22-13(2)15-9-10-17(24-3)16(20)11-15/h4-13,18H,21H2,1-3H3,(H,22,23). The van der Waals surface area contributed by atoms with Gasteiger partial charge in [-0.3, -0.25) is 4.79 Å². The van der Waals surface area contributed by atoms with Crippen molar-refractivity contribution in [3.05, 3.63) is 64.1 Å². The van der Waals surface area contributed by atoms with Gasteiger partial charge in [-0.15, -0.1) is 0 Å². The SMILES string of the molecule is COc1ccc(C(C)NC(=O)C(C)C(N)c2ccccc2)cc1Br. The zero-order valence-corrected chi connectivity index (χ0v) is 15.7. The Morgan fingerprint density at radius 3 is 2.38 bits per heavy atom. The molecule has 4 nitrogen and oxygen atoms in total. The van der Waals surface area contributed by atoms with Crippen LogP contribution < -0.4 is 15.8 Å². The number of carbonyl (C=O) groups excluding carboxylic acids is 1. The Bertz CT molecular complexity index is 691. The number of nitrogens with two attached hydrogens (primary N) is 1. The molecule has 0 saturated carbocycles. The van der Waals surface area contributed by atoms with Crippen LogP contribution >= 0.6 is 15.9 Å². The van der Waals surface area contributed by atoms with E-state index >= 15 is 0 Å². The first kappa shape index (κ1) is 18.5. The first-order valence-electron chi connectivity index (χ1n) is 7.88. The molecular weight excluding hydrogens is 368 g/mol. The summed E-state index contributed by atoms with van der Waals surface area (Å²) >= 11 is 3.47. The fourth-order valence-corrected chi connectivity index (χ4v) is 3.07. The van der Waals surface area contributed by atoms with Gasteiger partial charge in [-0.1, -0.05) is 43.3 Å². The van der Waals surface area contributed by atoms with E-state index in [4.69, 9.17) is 10.5 Å². The van der Waals surface area contributed by atoms with Gasteiger partial charge in [0.05, 0.1) is 23.5 Å². The molecule has 0 fully saturated rings. The minimum atomic E-state index is -0.332. The lowest BCUT2D eigenvalue weighted by molar-refractivity contribution is -0.125. The van der Waals surface area contributed by atoms with Crippen molar-refractivity contribution < 1.29 is 9.53 Å². The van der Waals surface area contributed by atoms with Crippen molar-refractivity contribution in [3.8, 4) is 5.75 Å². The molecule has 3 atom stereocenters. The Kier molecular flexibility index (Phi) is 6.40. The van der Waals surface area contributed by atoms with Gasteiger partial charge < -0.3 is 15.8 Å². The number of benzene rings is 2. The molecule has 0 aliphatic rings. The van der Waals surface area contributed by atoms with Gasteiger partial charge in [0, 0.05) is 6.04 Å². The second-order valence-corrected chi connectivity index (χ2v) is 6.70. The van der Waals surface area contributed by atoms with Crippen molar-refractivity contribution in [3.63, 3.8) is 0 Å². The minimum absolute atomic E-state index is 0.0641. The molecule has 0 bridgehead atoms.